The zero-order chi connectivity index (χ0) is 15.2. The molecule has 0 spiro atoms. The Hall–Kier alpha value is -1.67. The van der Waals surface area contributed by atoms with Crippen molar-refractivity contribution in [1.29, 1.82) is 0 Å². The number of carbonyl (C=O) groups is 1. The molecular formula is C14H16O7. The number of rotatable bonds is 2. The summed E-state index contributed by atoms with van der Waals surface area (Å²) in [6.45, 7) is -0.242. The predicted molar refractivity (Wildman–Crippen MR) is 68.3 cm³/mol. The number of aliphatic hydroxyl groups is 3. The smallest absolute Gasteiger partial charge is 0.307 e. The van der Waals surface area contributed by atoms with Crippen LogP contribution in [0.4, 0.5) is 0 Å². The average molecular weight is 296 g/mol. The Morgan fingerprint density at radius 3 is 2.43 bits per heavy atom. The van der Waals surface area contributed by atoms with E-state index >= 15 is 0 Å². The molecule has 0 radical (unpaired) electrons. The number of benzene rings is 1. The zero-order valence-electron chi connectivity index (χ0n) is 11.0. The van der Waals surface area contributed by atoms with Crippen LogP contribution >= 0.6 is 0 Å². The Morgan fingerprint density at radius 1 is 1.19 bits per heavy atom. The van der Waals surface area contributed by atoms with Gasteiger partial charge in [-0.25, -0.2) is 0 Å². The lowest BCUT2D eigenvalue weighted by molar-refractivity contribution is -0.267. The molecule has 0 amide bonds. The highest BCUT2D eigenvalue weighted by molar-refractivity contribution is 5.73. The maximum Gasteiger partial charge on any atom is 0.307 e. The molecule has 2 fully saturated rings. The van der Waals surface area contributed by atoms with Crippen LogP contribution in [0.15, 0.2) is 24.3 Å². The Balaban J connectivity index is 1.93. The van der Waals surface area contributed by atoms with Gasteiger partial charge in [-0.2, -0.15) is 0 Å². The first-order chi connectivity index (χ1) is 9.91. The number of carbonyl (C=O) groups excluding carboxylic acids is 1. The minimum absolute atomic E-state index is 0.0178. The van der Waals surface area contributed by atoms with Crippen molar-refractivity contribution in [2.24, 2.45) is 0 Å². The lowest BCUT2D eigenvalue weighted by Gasteiger charge is -2.33. The standard InChI is InChI=1S/C14H16O7/c15-8-3-1-7(2-4-8)9-5-11(17)21-13(9)14(19)12(18)10(16)6-20-14/h1-4,9-10,12-13,15-16,18-19H,5-6H2/t9-,10-,12+,13+,14+/m0/s1. The van der Waals surface area contributed by atoms with Crippen LogP contribution in [0.5, 0.6) is 5.75 Å². The molecule has 5 atom stereocenters. The number of esters is 1. The molecule has 0 bridgehead atoms. The Kier molecular flexibility index (Phi) is 3.37. The minimum atomic E-state index is -2.14. The second-order valence-electron chi connectivity index (χ2n) is 5.39. The number of ether oxygens (including phenoxy) is 2. The first-order valence-corrected chi connectivity index (χ1v) is 6.62. The molecular weight excluding hydrogens is 280 g/mol. The van der Waals surface area contributed by atoms with Gasteiger partial charge >= 0.3 is 5.97 Å². The van der Waals surface area contributed by atoms with Crippen molar-refractivity contribution in [2.45, 2.75) is 36.4 Å². The maximum atomic E-state index is 11.6. The third-order valence-corrected chi connectivity index (χ3v) is 4.01. The van der Waals surface area contributed by atoms with Crippen LogP contribution in [0.1, 0.15) is 17.9 Å². The number of aliphatic hydroxyl groups excluding tert-OH is 2. The van der Waals surface area contributed by atoms with Crippen molar-refractivity contribution in [1.82, 2.24) is 0 Å². The van der Waals surface area contributed by atoms with Crippen LogP contribution in [0.25, 0.3) is 0 Å². The maximum absolute atomic E-state index is 11.6. The van der Waals surface area contributed by atoms with E-state index in [4.69, 9.17) is 9.47 Å². The third kappa shape index (κ3) is 2.28. The second kappa shape index (κ2) is 4.96. The van der Waals surface area contributed by atoms with Gasteiger partial charge in [-0.3, -0.25) is 4.79 Å². The van der Waals surface area contributed by atoms with Gasteiger partial charge in [0.1, 0.15) is 18.0 Å². The molecule has 0 unspecified atom stereocenters. The lowest BCUT2D eigenvalue weighted by Crippen LogP contribution is -2.54. The highest BCUT2D eigenvalue weighted by atomic mass is 16.7. The van der Waals surface area contributed by atoms with Crippen LogP contribution in [-0.2, 0) is 14.3 Å². The van der Waals surface area contributed by atoms with Gasteiger partial charge in [0, 0.05) is 5.92 Å². The van der Waals surface area contributed by atoms with Gasteiger partial charge in [-0.05, 0) is 17.7 Å². The van der Waals surface area contributed by atoms with E-state index in [9.17, 15) is 25.2 Å². The molecule has 2 aliphatic rings. The first-order valence-electron chi connectivity index (χ1n) is 6.62. The number of phenolic OH excluding ortho intramolecular Hbond substituents is 1. The molecule has 1 aromatic rings. The second-order valence-corrected chi connectivity index (χ2v) is 5.39. The summed E-state index contributed by atoms with van der Waals surface area (Å²) in [6.07, 6.45) is -3.91. The molecule has 0 saturated carbocycles. The molecule has 0 aromatic heterocycles. The molecule has 7 nitrogen and oxygen atoms in total. The SMILES string of the molecule is O=C1C[C@@H](c2ccc(O)cc2)[C@H]([C@]2(O)OC[C@H](O)[C@H]2O)O1. The number of phenols is 1. The van der Waals surface area contributed by atoms with E-state index in [1.54, 1.807) is 12.1 Å². The Labute approximate surface area is 120 Å². The molecule has 7 heteroatoms. The normalized spacial score (nSPS) is 39.5. The summed E-state index contributed by atoms with van der Waals surface area (Å²) in [5.41, 5.74) is 0.661. The summed E-state index contributed by atoms with van der Waals surface area (Å²) in [5, 5.41) is 39.2. The topological polar surface area (TPSA) is 116 Å². The van der Waals surface area contributed by atoms with E-state index in [1.807, 2.05) is 0 Å². The predicted octanol–water partition coefficient (Wildman–Crippen LogP) is -0.768. The molecule has 2 heterocycles. The fourth-order valence-electron chi connectivity index (χ4n) is 2.87. The van der Waals surface area contributed by atoms with Gasteiger partial charge in [0.2, 0.25) is 5.79 Å². The summed E-state index contributed by atoms with van der Waals surface area (Å²) in [7, 11) is 0. The van der Waals surface area contributed by atoms with Crippen LogP contribution in [0, 0.1) is 0 Å². The summed E-state index contributed by atoms with van der Waals surface area (Å²) in [5.74, 6) is -3.13. The van der Waals surface area contributed by atoms with Crippen molar-refractivity contribution >= 4 is 5.97 Å². The molecule has 114 valence electrons. The van der Waals surface area contributed by atoms with Gasteiger partial charge in [-0.1, -0.05) is 12.1 Å². The summed E-state index contributed by atoms with van der Waals surface area (Å²) < 4.78 is 10.2. The van der Waals surface area contributed by atoms with Gasteiger partial charge < -0.3 is 29.9 Å². The average Bonchev–Trinajstić information content (AvgIpc) is 2.97. The number of hydrogen-bond acceptors (Lipinski definition) is 7. The molecule has 21 heavy (non-hydrogen) atoms. The van der Waals surface area contributed by atoms with Gasteiger partial charge in [0.05, 0.1) is 13.0 Å². The van der Waals surface area contributed by atoms with E-state index in [0.29, 0.717) is 5.56 Å². The van der Waals surface area contributed by atoms with E-state index in [-0.39, 0.29) is 18.8 Å². The fourth-order valence-corrected chi connectivity index (χ4v) is 2.87. The van der Waals surface area contributed by atoms with E-state index in [0.717, 1.165) is 0 Å². The third-order valence-electron chi connectivity index (χ3n) is 4.01. The molecule has 3 rings (SSSR count). The van der Waals surface area contributed by atoms with Gasteiger partial charge in [0.15, 0.2) is 6.10 Å². The van der Waals surface area contributed by atoms with Crippen LogP contribution in [0.2, 0.25) is 0 Å². The van der Waals surface area contributed by atoms with Crippen molar-refractivity contribution in [2.75, 3.05) is 6.61 Å². The molecule has 1 aromatic carbocycles. The zero-order valence-corrected chi connectivity index (χ0v) is 11.0. The number of aromatic hydroxyl groups is 1. The first kappa shape index (κ1) is 14.3. The molecule has 0 aliphatic carbocycles. The highest BCUT2D eigenvalue weighted by Crippen LogP contribution is 2.42. The fraction of sp³-hybridized carbons (Fsp3) is 0.500. The number of hydrogen-bond donors (Lipinski definition) is 4. The van der Waals surface area contributed by atoms with Gasteiger partial charge in [0.25, 0.3) is 0 Å². The monoisotopic (exact) mass is 296 g/mol. The molecule has 2 aliphatic heterocycles. The van der Waals surface area contributed by atoms with E-state index in [1.165, 1.54) is 12.1 Å². The van der Waals surface area contributed by atoms with E-state index in [2.05, 4.69) is 0 Å². The van der Waals surface area contributed by atoms with Crippen LogP contribution < -0.4 is 0 Å². The minimum Gasteiger partial charge on any atom is -0.508 e. The quantitative estimate of drug-likeness (QED) is 0.530. The summed E-state index contributed by atoms with van der Waals surface area (Å²) in [6, 6.07) is 6.13. The summed E-state index contributed by atoms with van der Waals surface area (Å²) in [4.78, 5) is 11.6. The van der Waals surface area contributed by atoms with Crippen molar-refractivity contribution in [3.8, 4) is 5.75 Å². The highest BCUT2D eigenvalue weighted by Gasteiger charge is 2.59. The van der Waals surface area contributed by atoms with Crippen molar-refractivity contribution in [3.63, 3.8) is 0 Å². The lowest BCUT2D eigenvalue weighted by atomic mass is 9.86. The van der Waals surface area contributed by atoms with Crippen molar-refractivity contribution in [3.05, 3.63) is 29.8 Å². The van der Waals surface area contributed by atoms with Gasteiger partial charge in [-0.15, -0.1) is 0 Å². The molecule has 2 saturated heterocycles. The van der Waals surface area contributed by atoms with Crippen LogP contribution in [-0.4, -0.2) is 57.1 Å². The molecule has 4 N–H and O–H groups in total. The largest absolute Gasteiger partial charge is 0.508 e. The van der Waals surface area contributed by atoms with E-state index < -0.39 is 36.0 Å². The van der Waals surface area contributed by atoms with Crippen molar-refractivity contribution < 1.29 is 34.7 Å². The summed E-state index contributed by atoms with van der Waals surface area (Å²) >= 11 is 0. The van der Waals surface area contributed by atoms with Crippen LogP contribution in [0.3, 0.4) is 0 Å². The number of cyclic esters (lactones) is 1. The Bertz CT molecular complexity index is 543. The Morgan fingerprint density at radius 2 is 1.86 bits per heavy atom.